The summed E-state index contributed by atoms with van der Waals surface area (Å²) in [6.07, 6.45) is -2.93. The van der Waals surface area contributed by atoms with Crippen molar-refractivity contribution in [3.63, 3.8) is 0 Å². The molecule has 1 aromatic carbocycles. The number of benzene rings is 1. The molecule has 8 heteroatoms. The minimum absolute atomic E-state index is 0.0885. The van der Waals surface area contributed by atoms with Gasteiger partial charge in [-0.3, -0.25) is 0 Å². The van der Waals surface area contributed by atoms with Gasteiger partial charge in [0.05, 0.1) is 12.2 Å². The molecule has 0 amide bonds. The predicted octanol–water partition coefficient (Wildman–Crippen LogP) is 2.80. The average molecular weight is 353 g/mol. The molecule has 1 fully saturated rings. The second kappa shape index (κ2) is 7.92. The van der Waals surface area contributed by atoms with Gasteiger partial charge >= 0.3 is 12.1 Å². The molecular weight excluding hydrogens is 335 g/mol. The van der Waals surface area contributed by atoms with E-state index in [1.54, 1.807) is 17.9 Å². The van der Waals surface area contributed by atoms with Crippen molar-refractivity contribution >= 4 is 11.7 Å². The van der Waals surface area contributed by atoms with E-state index in [4.69, 9.17) is 10.00 Å². The lowest BCUT2D eigenvalue weighted by Gasteiger charge is -2.35. The first kappa shape index (κ1) is 18.6. The van der Waals surface area contributed by atoms with Gasteiger partial charge in [-0.2, -0.15) is 18.4 Å². The van der Waals surface area contributed by atoms with Crippen LogP contribution in [-0.4, -0.2) is 43.7 Å². The van der Waals surface area contributed by atoms with Crippen molar-refractivity contribution in [3.8, 4) is 6.07 Å². The Hall–Kier alpha value is -2.69. The zero-order valence-corrected chi connectivity index (χ0v) is 13.7. The fourth-order valence-electron chi connectivity index (χ4n) is 2.51. The molecule has 0 aliphatic carbocycles. The predicted molar refractivity (Wildman–Crippen MR) is 85.6 cm³/mol. The standard InChI is InChI=1S/C17H18F3N3O2/c1-2-25-16(24)13(11-21)12-22-6-8-23(9-7-22)15-5-3-4-14(10-15)17(18,19)20/h3-5,10,12H,2,6-9H2,1H3. The lowest BCUT2D eigenvalue weighted by Crippen LogP contribution is -2.44. The molecule has 2 rings (SSSR count). The van der Waals surface area contributed by atoms with Gasteiger partial charge in [-0.05, 0) is 25.1 Å². The number of ether oxygens (including phenoxy) is 1. The summed E-state index contributed by atoms with van der Waals surface area (Å²) < 4.78 is 43.2. The number of rotatable bonds is 4. The molecule has 134 valence electrons. The molecule has 0 radical (unpaired) electrons. The number of nitriles is 1. The van der Waals surface area contributed by atoms with Crippen LogP contribution in [0, 0.1) is 11.3 Å². The van der Waals surface area contributed by atoms with Crippen LogP contribution < -0.4 is 4.90 Å². The van der Waals surface area contributed by atoms with Crippen molar-refractivity contribution in [2.24, 2.45) is 0 Å². The number of anilines is 1. The van der Waals surface area contributed by atoms with Crippen molar-refractivity contribution < 1.29 is 22.7 Å². The van der Waals surface area contributed by atoms with Crippen LogP contribution in [0.15, 0.2) is 36.0 Å². The Kier molecular flexibility index (Phi) is 5.91. The lowest BCUT2D eigenvalue weighted by molar-refractivity contribution is -0.138. The first-order valence-corrected chi connectivity index (χ1v) is 7.80. The van der Waals surface area contributed by atoms with E-state index in [-0.39, 0.29) is 12.2 Å². The first-order chi connectivity index (χ1) is 11.8. The van der Waals surface area contributed by atoms with E-state index < -0.39 is 17.7 Å². The molecule has 25 heavy (non-hydrogen) atoms. The van der Waals surface area contributed by atoms with Gasteiger partial charge in [-0.15, -0.1) is 0 Å². The summed E-state index contributed by atoms with van der Waals surface area (Å²) >= 11 is 0. The third-order valence-electron chi connectivity index (χ3n) is 3.78. The van der Waals surface area contributed by atoms with Crippen LogP contribution in [0.3, 0.4) is 0 Å². The first-order valence-electron chi connectivity index (χ1n) is 7.80. The molecule has 1 aliphatic rings. The van der Waals surface area contributed by atoms with E-state index in [2.05, 4.69) is 0 Å². The summed E-state index contributed by atoms with van der Waals surface area (Å²) in [7, 11) is 0. The second-order valence-corrected chi connectivity index (χ2v) is 5.45. The normalized spacial score (nSPS) is 15.7. The fourth-order valence-corrected chi connectivity index (χ4v) is 2.51. The van der Waals surface area contributed by atoms with E-state index >= 15 is 0 Å². The van der Waals surface area contributed by atoms with Gasteiger partial charge in [-0.1, -0.05) is 6.07 Å². The number of esters is 1. The number of hydrogen-bond donors (Lipinski definition) is 0. The van der Waals surface area contributed by atoms with Gasteiger partial charge in [0, 0.05) is 38.1 Å². The minimum atomic E-state index is -4.37. The van der Waals surface area contributed by atoms with E-state index in [0.717, 1.165) is 12.1 Å². The van der Waals surface area contributed by atoms with Crippen LogP contribution >= 0.6 is 0 Å². The molecule has 1 heterocycles. The number of hydrogen-bond acceptors (Lipinski definition) is 5. The SMILES string of the molecule is CCOC(=O)C(C#N)=CN1CCN(c2cccc(C(F)(F)F)c2)CC1. The highest BCUT2D eigenvalue weighted by molar-refractivity contribution is 5.92. The van der Waals surface area contributed by atoms with Gasteiger partial charge in [0.15, 0.2) is 5.57 Å². The highest BCUT2D eigenvalue weighted by Crippen LogP contribution is 2.31. The molecule has 0 aromatic heterocycles. The fraction of sp³-hybridized carbons (Fsp3) is 0.412. The summed E-state index contributed by atoms with van der Waals surface area (Å²) in [5.74, 6) is -0.676. The number of nitrogens with zero attached hydrogens (tertiary/aromatic N) is 3. The maximum absolute atomic E-state index is 12.8. The molecule has 0 N–H and O–H groups in total. The van der Waals surface area contributed by atoms with E-state index in [1.807, 2.05) is 11.0 Å². The minimum Gasteiger partial charge on any atom is -0.462 e. The molecule has 1 saturated heterocycles. The monoisotopic (exact) mass is 353 g/mol. The van der Waals surface area contributed by atoms with Gasteiger partial charge in [0.1, 0.15) is 6.07 Å². The molecule has 1 aliphatic heterocycles. The molecular formula is C17H18F3N3O2. The Labute approximate surface area is 143 Å². The largest absolute Gasteiger partial charge is 0.462 e. The van der Waals surface area contributed by atoms with E-state index in [9.17, 15) is 18.0 Å². The smallest absolute Gasteiger partial charge is 0.416 e. The van der Waals surface area contributed by atoms with E-state index in [0.29, 0.717) is 31.9 Å². The summed E-state index contributed by atoms with van der Waals surface area (Å²) in [6.45, 7) is 3.78. The Balaban J connectivity index is 2.02. The molecule has 0 bridgehead atoms. The number of halogens is 3. The summed E-state index contributed by atoms with van der Waals surface area (Å²) in [5, 5.41) is 9.03. The van der Waals surface area contributed by atoms with Crippen molar-refractivity contribution in [2.75, 3.05) is 37.7 Å². The van der Waals surface area contributed by atoms with Crippen LogP contribution in [0.2, 0.25) is 0 Å². The van der Waals surface area contributed by atoms with Crippen molar-refractivity contribution in [3.05, 3.63) is 41.6 Å². The van der Waals surface area contributed by atoms with Crippen molar-refractivity contribution in [1.82, 2.24) is 4.90 Å². The number of carbonyl (C=O) groups excluding carboxylic acids is 1. The number of piperazine rings is 1. The molecule has 0 saturated carbocycles. The molecule has 5 nitrogen and oxygen atoms in total. The lowest BCUT2D eigenvalue weighted by atomic mass is 10.1. The van der Waals surface area contributed by atoms with Gasteiger partial charge in [0.2, 0.25) is 0 Å². The maximum atomic E-state index is 12.8. The van der Waals surface area contributed by atoms with Crippen molar-refractivity contribution in [2.45, 2.75) is 13.1 Å². The zero-order chi connectivity index (χ0) is 18.4. The zero-order valence-electron chi connectivity index (χ0n) is 13.7. The van der Waals surface area contributed by atoms with Gasteiger partial charge < -0.3 is 14.5 Å². The number of carbonyl (C=O) groups is 1. The molecule has 0 spiro atoms. The van der Waals surface area contributed by atoms with E-state index in [1.165, 1.54) is 12.3 Å². The highest BCUT2D eigenvalue weighted by atomic mass is 19.4. The number of alkyl halides is 3. The molecule has 0 unspecified atom stereocenters. The summed E-state index contributed by atoms with van der Waals surface area (Å²) in [6, 6.07) is 7.01. The molecule has 1 aromatic rings. The van der Waals surface area contributed by atoms with Gasteiger partial charge in [0.25, 0.3) is 0 Å². The maximum Gasteiger partial charge on any atom is 0.416 e. The van der Waals surface area contributed by atoms with Crippen LogP contribution in [0.4, 0.5) is 18.9 Å². The highest BCUT2D eigenvalue weighted by Gasteiger charge is 2.31. The molecule has 0 atom stereocenters. The van der Waals surface area contributed by atoms with Crippen molar-refractivity contribution in [1.29, 1.82) is 5.26 Å². The van der Waals surface area contributed by atoms with Crippen LogP contribution in [-0.2, 0) is 15.7 Å². The van der Waals surface area contributed by atoms with Crippen LogP contribution in [0.1, 0.15) is 12.5 Å². The third-order valence-corrected chi connectivity index (χ3v) is 3.78. The Morgan fingerprint density at radius 3 is 2.56 bits per heavy atom. The van der Waals surface area contributed by atoms with Crippen LogP contribution in [0.5, 0.6) is 0 Å². The third kappa shape index (κ3) is 4.89. The Morgan fingerprint density at radius 2 is 2.00 bits per heavy atom. The van der Waals surface area contributed by atoms with Crippen LogP contribution in [0.25, 0.3) is 0 Å². The summed E-state index contributed by atoms with van der Waals surface area (Å²) in [5.41, 5.74) is -0.264. The summed E-state index contributed by atoms with van der Waals surface area (Å²) in [4.78, 5) is 15.2. The van der Waals surface area contributed by atoms with Gasteiger partial charge in [-0.25, -0.2) is 4.79 Å². The Bertz CT molecular complexity index is 687. The topological polar surface area (TPSA) is 56.6 Å². The quantitative estimate of drug-likeness (QED) is 0.473. The Morgan fingerprint density at radius 1 is 1.32 bits per heavy atom. The second-order valence-electron chi connectivity index (χ2n) is 5.45. The average Bonchev–Trinajstić information content (AvgIpc) is 2.59.